The van der Waals surface area contributed by atoms with E-state index < -0.39 is 11.9 Å². The Morgan fingerprint density at radius 1 is 0.833 bits per heavy atom. The molecule has 0 saturated heterocycles. The van der Waals surface area contributed by atoms with Gasteiger partial charge in [-0.25, -0.2) is 9.59 Å². The molecule has 0 radical (unpaired) electrons. The van der Waals surface area contributed by atoms with Crippen molar-refractivity contribution in [3.63, 3.8) is 0 Å². The molecule has 0 atom stereocenters. The van der Waals surface area contributed by atoms with Crippen LogP contribution in [-0.2, 0) is 6.42 Å². The third-order valence-corrected chi connectivity index (χ3v) is 7.49. The van der Waals surface area contributed by atoms with Gasteiger partial charge in [-0.3, -0.25) is 0 Å². The van der Waals surface area contributed by atoms with E-state index in [9.17, 15) is 19.8 Å². The highest BCUT2D eigenvalue weighted by atomic mass is 16.4. The molecule has 0 amide bonds. The number of rotatable bonds is 8. The van der Waals surface area contributed by atoms with Crippen LogP contribution in [0.3, 0.4) is 0 Å². The summed E-state index contributed by atoms with van der Waals surface area (Å²) in [5, 5.41) is 20.3. The molecule has 3 aromatic rings. The van der Waals surface area contributed by atoms with Crippen LogP contribution in [0.1, 0.15) is 109 Å². The lowest BCUT2D eigenvalue weighted by molar-refractivity contribution is 0.0686. The number of aryl methyl sites for hydroxylation is 1. The van der Waals surface area contributed by atoms with E-state index in [1.54, 1.807) is 24.3 Å². The molecule has 1 aliphatic rings. The van der Waals surface area contributed by atoms with Crippen LogP contribution < -0.4 is 0 Å². The van der Waals surface area contributed by atoms with Gasteiger partial charge in [-0.2, -0.15) is 0 Å². The van der Waals surface area contributed by atoms with E-state index in [-0.39, 0.29) is 17.0 Å². The van der Waals surface area contributed by atoms with Gasteiger partial charge in [-0.1, -0.05) is 88.9 Å². The predicted octanol–water partition coefficient (Wildman–Crippen LogP) is 8.54. The van der Waals surface area contributed by atoms with Crippen molar-refractivity contribution in [2.24, 2.45) is 0 Å². The molecule has 2 N–H and O–H groups in total. The van der Waals surface area contributed by atoms with Gasteiger partial charge >= 0.3 is 11.9 Å². The molecule has 1 fully saturated rings. The molecular formula is C32H36O4. The van der Waals surface area contributed by atoms with E-state index in [4.69, 9.17) is 0 Å². The van der Waals surface area contributed by atoms with Crippen LogP contribution in [0.2, 0.25) is 0 Å². The average Bonchev–Trinajstić information content (AvgIpc) is 2.88. The normalized spacial score (nSPS) is 14.2. The Balaban J connectivity index is 2.23. The Kier molecular flexibility index (Phi) is 7.93. The lowest BCUT2D eigenvalue weighted by Crippen LogP contribution is -2.14. The number of aromatic carboxylic acids is 2. The average molecular weight is 485 g/mol. The first-order valence-corrected chi connectivity index (χ1v) is 13.2. The first kappa shape index (κ1) is 25.7. The molecular weight excluding hydrogens is 448 g/mol. The first-order valence-electron chi connectivity index (χ1n) is 13.2. The highest BCUT2D eigenvalue weighted by Gasteiger charge is 2.30. The smallest absolute Gasteiger partial charge is 0.336 e. The Labute approximate surface area is 214 Å². The van der Waals surface area contributed by atoms with Gasteiger partial charge in [0, 0.05) is 0 Å². The van der Waals surface area contributed by atoms with E-state index >= 15 is 0 Å². The van der Waals surface area contributed by atoms with Gasteiger partial charge in [-0.15, -0.1) is 0 Å². The summed E-state index contributed by atoms with van der Waals surface area (Å²) in [5.74, 6) is -1.36. The number of benzene rings is 3. The monoisotopic (exact) mass is 484 g/mol. The van der Waals surface area contributed by atoms with Gasteiger partial charge in [0.15, 0.2) is 0 Å². The zero-order valence-corrected chi connectivity index (χ0v) is 21.5. The van der Waals surface area contributed by atoms with E-state index in [2.05, 4.69) is 26.8 Å². The maximum absolute atomic E-state index is 12.4. The van der Waals surface area contributed by atoms with Gasteiger partial charge in [0.05, 0.1) is 11.1 Å². The largest absolute Gasteiger partial charge is 0.478 e. The maximum Gasteiger partial charge on any atom is 0.336 e. The van der Waals surface area contributed by atoms with Gasteiger partial charge in [0.2, 0.25) is 0 Å². The molecule has 0 aromatic heterocycles. The fraction of sp³-hybridized carbons (Fsp3) is 0.375. The highest BCUT2D eigenvalue weighted by molar-refractivity contribution is 6.04. The molecule has 188 valence electrons. The molecule has 4 nitrogen and oxygen atoms in total. The number of hydrogen-bond donors (Lipinski definition) is 2. The van der Waals surface area contributed by atoms with Crippen LogP contribution in [0.15, 0.2) is 54.6 Å². The van der Waals surface area contributed by atoms with E-state index in [1.807, 2.05) is 24.3 Å². The summed E-state index contributed by atoms with van der Waals surface area (Å²) in [5.41, 5.74) is 7.21. The van der Waals surface area contributed by atoms with Crippen molar-refractivity contribution in [1.29, 1.82) is 0 Å². The molecule has 0 spiro atoms. The van der Waals surface area contributed by atoms with Crippen LogP contribution in [0, 0.1) is 0 Å². The molecule has 0 aliphatic heterocycles. The van der Waals surface area contributed by atoms with Crippen LogP contribution in [0.25, 0.3) is 22.3 Å². The molecule has 36 heavy (non-hydrogen) atoms. The fourth-order valence-corrected chi connectivity index (χ4v) is 5.92. The van der Waals surface area contributed by atoms with Crippen molar-refractivity contribution in [1.82, 2.24) is 0 Å². The van der Waals surface area contributed by atoms with Gasteiger partial charge < -0.3 is 10.2 Å². The number of carboxylic acids is 2. The molecule has 1 aliphatic carbocycles. The van der Waals surface area contributed by atoms with Crippen molar-refractivity contribution in [3.8, 4) is 22.3 Å². The van der Waals surface area contributed by atoms with Crippen molar-refractivity contribution < 1.29 is 19.8 Å². The van der Waals surface area contributed by atoms with Crippen molar-refractivity contribution in [2.75, 3.05) is 0 Å². The summed E-state index contributed by atoms with van der Waals surface area (Å²) in [6.07, 6.45) is 7.35. The SMILES string of the molecule is CCCc1cc(C(C)C)c(C2CCCCC2)c(-c2ccccc2C(=O)O)c1-c1ccccc1C(=O)O. The molecule has 0 heterocycles. The minimum atomic E-state index is -0.974. The van der Waals surface area contributed by atoms with Crippen LogP contribution in [0.4, 0.5) is 0 Å². The summed E-state index contributed by atoms with van der Waals surface area (Å²) in [6.45, 7) is 6.53. The van der Waals surface area contributed by atoms with E-state index in [1.165, 1.54) is 17.5 Å². The third kappa shape index (κ3) is 4.95. The second kappa shape index (κ2) is 11.1. The molecule has 4 rings (SSSR count). The second-order valence-corrected chi connectivity index (χ2v) is 10.2. The summed E-state index contributed by atoms with van der Waals surface area (Å²) in [4.78, 5) is 24.8. The first-order chi connectivity index (χ1) is 17.3. The Bertz CT molecular complexity index is 1270. The predicted molar refractivity (Wildman–Crippen MR) is 145 cm³/mol. The molecule has 1 saturated carbocycles. The maximum atomic E-state index is 12.4. The van der Waals surface area contributed by atoms with Crippen LogP contribution in [-0.4, -0.2) is 22.2 Å². The summed E-state index contributed by atoms with van der Waals surface area (Å²) >= 11 is 0. The number of carboxylic acid groups (broad SMARTS) is 2. The molecule has 0 bridgehead atoms. The number of hydrogen-bond acceptors (Lipinski definition) is 2. The second-order valence-electron chi connectivity index (χ2n) is 10.2. The van der Waals surface area contributed by atoms with Crippen LogP contribution in [0.5, 0.6) is 0 Å². The summed E-state index contributed by atoms with van der Waals surface area (Å²) < 4.78 is 0. The molecule has 3 aromatic carbocycles. The topological polar surface area (TPSA) is 74.6 Å². The lowest BCUT2D eigenvalue weighted by Gasteiger charge is -2.32. The third-order valence-electron chi connectivity index (χ3n) is 7.49. The summed E-state index contributed by atoms with van der Waals surface area (Å²) in [7, 11) is 0. The zero-order valence-electron chi connectivity index (χ0n) is 21.5. The summed E-state index contributed by atoms with van der Waals surface area (Å²) in [6, 6.07) is 16.7. The van der Waals surface area contributed by atoms with Crippen molar-refractivity contribution in [2.45, 2.75) is 77.6 Å². The Hall–Kier alpha value is -3.40. The minimum Gasteiger partial charge on any atom is -0.478 e. The quantitative estimate of drug-likeness (QED) is 0.336. The van der Waals surface area contributed by atoms with Crippen molar-refractivity contribution in [3.05, 3.63) is 82.4 Å². The molecule has 0 unspecified atom stereocenters. The Morgan fingerprint density at radius 3 is 1.86 bits per heavy atom. The van der Waals surface area contributed by atoms with E-state index in [0.29, 0.717) is 17.0 Å². The highest BCUT2D eigenvalue weighted by Crippen LogP contribution is 2.49. The standard InChI is InChI=1S/C32H36O4/c1-4-12-22-19-27(20(2)3)28(21-13-6-5-7-14-21)30(24-16-9-11-18-26(24)32(35)36)29(22)23-15-8-10-17-25(23)31(33)34/h8-11,15-21H,4-7,12-14H2,1-3H3,(H,33,34)(H,35,36). The molecule has 4 heteroatoms. The zero-order chi connectivity index (χ0) is 25.8. The van der Waals surface area contributed by atoms with Gasteiger partial charge in [0.1, 0.15) is 0 Å². The lowest BCUT2D eigenvalue weighted by atomic mass is 9.72. The van der Waals surface area contributed by atoms with Crippen molar-refractivity contribution >= 4 is 11.9 Å². The Morgan fingerprint density at radius 2 is 1.36 bits per heavy atom. The minimum absolute atomic E-state index is 0.246. The van der Waals surface area contributed by atoms with Crippen LogP contribution >= 0.6 is 0 Å². The number of carbonyl (C=O) groups is 2. The van der Waals surface area contributed by atoms with Gasteiger partial charge in [-0.05, 0) is 82.2 Å². The van der Waals surface area contributed by atoms with Gasteiger partial charge in [0.25, 0.3) is 0 Å². The fourth-order valence-electron chi connectivity index (χ4n) is 5.92. The van der Waals surface area contributed by atoms with E-state index in [0.717, 1.165) is 55.2 Å².